The van der Waals surface area contributed by atoms with Crippen LogP contribution in [0.25, 0.3) is 0 Å². The molecule has 0 aromatic carbocycles. The molecule has 76 valence electrons. The molecule has 0 unspecified atom stereocenters. The van der Waals surface area contributed by atoms with Gasteiger partial charge < -0.3 is 21.2 Å². The number of hydrogen-bond acceptors (Lipinski definition) is 5. The van der Waals surface area contributed by atoms with Gasteiger partial charge in [-0.3, -0.25) is 9.36 Å². The van der Waals surface area contributed by atoms with Crippen LogP contribution in [0, 0.1) is 10.1 Å². The van der Waals surface area contributed by atoms with Crippen LogP contribution in [0.5, 0.6) is 0 Å². The Morgan fingerprint density at radius 1 is 1.86 bits per heavy atom. The van der Waals surface area contributed by atoms with Crippen molar-refractivity contribution in [2.75, 3.05) is 11.9 Å². The first kappa shape index (κ1) is 9.96. The zero-order chi connectivity index (χ0) is 10.7. The van der Waals surface area contributed by atoms with Gasteiger partial charge in [-0.05, 0) is 9.91 Å². The molecule has 8 heteroatoms. The van der Waals surface area contributed by atoms with Crippen LogP contribution in [-0.4, -0.2) is 26.9 Å². The lowest BCUT2D eigenvalue weighted by Crippen LogP contribution is -2.23. The number of imidazole rings is 1. The number of primary amides is 1. The van der Waals surface area contributed by atoms with E-state index >= 15 is 0 Å². The van der Waals surface area contributed by atoms with Crippen molar-refractivity contribution < 1.29 is 9.72 Å². The number of nitro groups is 1. The lowest BCUT2D eigenvalue weighted by Gasteiger charge is -2.02. The van der Waals surface area contributed by atoms with E-state index in [-0.39, 0.29) is 18.2 Å². The fourth-order valence-electron chi connectivity index (χ4n) is 0.926. The molecule has 1 aromatic heterocycles. The molecule has 1 amide bonds. The van der Waals surface area contributed by atoms with E-state index in [1.54, 1.807) is 7.05 Å². The number of rotatable bonds is 4. The first-order valence-corrected chi connectivity index (χ1v) is 3.70. The highest BCUT2D eigenvalue weighted by Gasteiger charge is 2.19. The molecule has 14 heavy (non-hydrogen) atoms. The van der Waals surface area contributed by atoms with Gasteiger partial charge in [-0.2, -0.15) is 0 Å². The Balaban J connectivity index is 2.88. The summed E-state index contributed by atoms with van der Waals surface area (Å²) in [5.74, 6) is -0.761. The maximum absolute atomic E-state index is 10.5. The third kappa shape index (κ3) is 1.97. The highest BCUT2D eigenvalue weighted by Crippen LogP contribution is 2.20. The van der Waals surface area contributed by atoms with Crippen molar-refractivity contribution in [3.63, 3.8) is 0 Å². The second-order valence-corrected chi connectivity index (χ2v) is 2.60. The summed E-state index contributed by atoms with van der Waals surface area (Å²) in [6, 6.07) is 0. The van der Waals surface area contributed by atoms with E-state index in [1.165, 1.54) is 10.9 Å². The van der Waals surface area contributed by atoms with Crippen LogP contribution in [0.4, 0.5) is 11.6 Å². The van der Waals surface area contributed by atoms with Crippen LogP contribution >= 0.6 is 0 Å². The lowest BCUT2D eigenvalue weighted by molar-refractivity contribution is -0.388. The number of nitrogens with zero attached hydrogens (tertiary/aromatic N) is 3. The zero-order valence-electron chi connectivity index (χ0n) is 7.43. The summed E-state index contributed by atoms with van der Waals surface area (Å²) in [5, 5.41) is 13.0. The van der Waals surface area contributed by atoms with Crippen molar-refractivity contribution in [1.82, 2.24) is 9.55 Å². The monoisotopic (exact) mass is 199 g/mol. The highest BCUT2D eigenvalue weighted by atomic mass is 16.6. The van der Waals surface area contributed by atoms with Crippen LogP contribution in [0.1, 0.15) is 0 Å². The smallest absolute Gasteiger partial charge is 0.368 e. The van der Waals surface area contributed by atoms with E-state index in [4.69, 9.17) is 5.73 Å². The number of aryl methyl sites for hydroxylation is 1. The van der Waals surface area contributed by atoms with Gasteiger partial charge in [0, 0.05) is 7.05 Å². The quantitative estimate of drug-likeness (QED) is 0.487. The molecule has 1 rings (SSSR count). The summed E-state index contributed by atoms with van der Waals surface area (Å²) < 4.78 is 1.40. The van der Waals surface area contributed by atoms with E-state index in [0.717, 1.165) is 0 Å². The Morgan fingerprint density at radius 2 is 2.50 bits per heavy atom. The SMILES string of the molecule is Cn1cnc([N+](=O)[O-])c1NCC(N)=O. The van der Waals surface area contributed by atoms with Crippen molar-refractivity contribution in [2.45, 2.75) is 0 Å². The second-order valence-electron chi connectivity index (χ2n) is 2.60. The van der Waals surface area contributed by atoms with Gasteiger partial charge >= 0.3 is 5.82 Å². The third-order valence-corrected chi connectivity index (χ3v) is 1.52. The largest absolute Gasteiger partial charge is 0.406 e. The predicted molar refractivity (Wildman–Crippen MR) is 47.5 cm³/mol. The van der Waals surface area contributed by atoms with Crippen LogP contribution in [-0.2, 0) is 11.8 Å². The van der Waals surface area contributed by atoms with E-state index in [0.29, 0.717) is 0 Å². The normalized spacial score (nSPS) is 9.79. The maximum atomic E-state index is 10.5. The van der Waals surface area contributed by atoms with Crippen LogP contribution < -0.4 is 11.1 Å². The summed E-state index contributed by atoms with van der Waals surface area (Å²) in [5.41, 5.74) is 4.88. The molecule has 8 nitrogen and oxygen atoms in total. The number of hydrogen-bond donors (Lipinski definition) is 2. The van der Waals surface area contributed by atoms with E-state index in [9.17, 15) is 14.9 Å². The summed E-state index contributed by atoms with van der Waals surface area (Å²) in [4.78, 5) is 23.8. The first-order chi connectivity index (χ1) is 6.52. The number of carbonyl (C=O) groups excluding carboxylic acids is 1. The number of aromatic nitrogens is 2. The number of nitrogens with one attached hydrogen (secondary N) is 1. The van der Waals surface area contributed by atoms with Gasteiger partial charge in [-0.15, -0.1) is 0 Å². The molecule has 0 saturated carbocycles. The molecule has 0 fully saturated rings. The number of anilines is 1. The van der Waals surface area contributed by atoms with Gasteiger partial charge in [0.1, 0.15) is 0 Å². The molecule has 1 aromatic rings. The summed E-state index contributed by atoms with van der Waals surface area (Å²) >= 11 is 0. The topological polar surface area (TPSA) is 116 Å². The maximum Gasteiger partial charge on any atom is 0.406 e. The molecule has 0 radical (unpaired) electrons. The standard InChI is InChI=1S/C6H9N5O3/c1-10-3-9-6(11(13)14)5(10)8-2-4(7)12/h3,8H,2H2,1H3,(H2,7,12). The van der Waals surface area contributed by atoms with Gasteiger partial charge in [0.05, 0.1) is 6.54 Å². The molecule has 0 aliphatic rings. The molecule has 0 bridgehead atoms. The average molecular weight is 199 g/mol. The molecule has 0 saturated heterocycles. The Morgan fingerprint density at radius 3 is 3.00 bits per heavy atom. The van der Waals surface area contributed by atoms with Crippen LogP contribution in [0.3, 0.4) is 0 Å². The third-order valence-electron chi connectivity index (χ3n) is 1.52. The minimum Gasteiger partial charge on any atom is -0.368 e. The molecule has 0 aliphatic heterocycles. The molecule has 0 aliphatic carbocycles. The van der Waals surface area contributed by atoms with Gasteiger partial charge in [0.15, 0.2) is 0 Å². The minimum atomic E-state index is -0.636. The Hall–Kier alpha value is -2.12. The van der Waals surface area contributed by atoms with Gasteiger partial charge in [-0.25, -0.2) is 0 Å². The fourth-order valence-corrected chi connectivity index (χ4v) is 0.926. The molecule has 1 heterocycles. The summed E-state index contributed by atoms with van der Waals surface area (Å²) in [6.45, 7) is -0.166. The average Bonchev–Trinajstić information content (AvgIpc) is 2.43. The lowest BCUT2D eigenvalue weighted by atomic mass is 10.5. The number of nitrogens with two attached hydrogens (primary N) is 1. The molecular weight excluding hydrogens is 190 g/mol. The number of carbonyl (C=O) groups is 1. The minimum absolute atomic E-state index is 0.161. The van der Waals surface area contributed by atoms with Crippen molar-refractivity contribution in [3.8, 4) is 0 Å². The highest BCUT2D eigenvalue weighted by molar-refractivity contribution is 5.79. The zero-order valence-corrected chi connectivity index (χ0v) is 7.43. The molecule has 3 N–H and O–H groups in total. The molecule has 0 spiro atoms. The van der Waals surface area contributed by atoms with Crippen molar-refractivity contribution in [2.24, 2.45) is 12.8 Å². The molecular formula is C6H9N5O3. The van der Waals surface area contributed by atoms with E-state index in [2.05, 4.69) is 10.3 Å². The Labute approximate surface area is 78.9 Å². The van der Waals surface area contributed by atoms with Crippen molar-refractivity contribution in [1.29, 1.82) is 0 Å². The van der Waals surface area contributed by atoms with Crippen LogP contribution in [0.15, 0.2) is 6.33 Å². The van der Waals surface area contributed by atoms with Gasteiger partial charge in [-0.1, -0.05) is 0 Å². The van der Waals surface area contributed by atoms with Gasteiger partial charge in [0.25, 0.3) is 0 Å². The predicted octanol–water partition coefficient (Wildman–Crippen LogP) is -0.775. The van der Waals surface area contributed by atoms with E-state index in [1.807, 2.05) is 0 Å². The second kappa shape index (κ2) is 3.73. The Bertz CT molecular complexity index is 372. The van der Waals surface area contributed by atoms with Crippen molar-refractivity contribution in [3.05, 3.63) is 16.4 Å². The summed E-state index contributed by atoms with van der Waals surface area (Å²) in [7, 11) is 1.57. The van der Waals surface area contributed by atoms with E-state index < -0.39 is 10.8 Å². The first-order valence-electron chi connectivity index (χ1n) is 3.70. The summed E-state index contributed by atoms with van der Waals surface area (Å²) in [6.07, 6.45) is 1.28. The van der Waals surface area contributed by atoms with Crippen LogP contribution in [0.2, 0.25) is 0 Å². The Kier molecular flexibility index (Phi) is 2.65. The fraction of sp³-hybridized carbons (Fsp3) is 0.333. The number of amides is 1. The van der Waals surface area contributed by atoms with Crippen molar-refractivity contribution >= 4 is 17.5 Å². The molecule has 0 atom stereocenters. The van der Waals surface area contributed by atoms with Gasteiger partial charge in [0.2, 0.25) is 18.1 Å².